The fourth-order valence-electron chi connectivity index (χ4n) is 4.56. The van der Waals surface area contributed by atoms with Crippen molar-refractivity contribution in [1.29, 1.82) is 0 Å². The SMILES string of the molecule is Cc1ccc(CN2C(=O)CCC2C(=O)N2C[C@H](C(=O)O)[C@@H](C3CC3)C2)cc1. The molecule has 1 aromatic rings. The van der Waals surface area contributed by atoms with Crippen molar-refractivity contribution in [2.75, 3.05) is 13.1 Å². The first-order chi connectivity index (χ1) is 12.9. The number of carbonyl (C=O) groups excluding carboxylic acids is 2. The van der Waals surface area contributed by atoms with Crippen molar-refractivity contribution in [2.45, 2.75) is 45.2 Å². The van der Waals surface area contributed by atoms with Crippen molar-refractivity contribution in [3.63, 3.8) is 0 Å². The van der Waals surface area contributed by atoms with Crippen LogP contribution in [0.4, 0.5) is 0 Å². The highest BCUT2D eigenvalue weighted by molar-refractivity contribution is 5.91. The number of aryl methyl sites for hydroxylation is 1. The Hall–Kier alpha value is -2.37. The number of amides is 2. The number of carbonyl (C=O) groups is 3. The zero-order valence-electron chi connectivity index (χ0n) is 15.6. The Balaban J connectivity index is 1.47. The third-order valence-electron chi connectivity index (χ3n) is 6.31. The number of carboxylic acids is 1. The lowest BCUT2D eigenvalue weighted by Gasteiger charge is -2.28. The first kappa shape index (κ1) is 18.0. The first-order valence-electron chi connectivity index (χ1n) is 9.80. The van der Waals surface area contributed by atoms with Gasteiger partial charge in [0.2, 0.25) is 11.8 Å². The monoisotopic (exact) mass is 370 g/mol. The first-order valence-corrected chi connectivity index (χ1v) is 9.80. The van der Waals surface area contributed by atoms with Crippen LogP contribution in [-0.4, -0.2) is 51.8 Å². The molecule has 1 saturated carbocycles. The summed E-state index contributed by atoms with van der Waals surface area (Å²) < 4.78 is 0. The van der Waals surface area contributed by atoms with Crippen LogP contribution in [0, 0.1) is 24.7 Å². The molecule has 27 heavy (non-hydrogen) atoms. The summed E-state index contributed by atoms with van der Waals surface area (Å²) in [5.74, 6) is -0.846. The van der Waals surface area contributed by atoms with E-state index in [1.807, 2.05) is 31.2 Å². The predicted octanol–water partition coefficient (Wildman–Crippen LogP) is 2.06. The van der Waals surface area contributed by atoms with Crippen LogP contribution in [0.1, 0.15) is 36.8 Å². The molecule has 144 valence electrons. The van der Waals surface area contributed by atoms with Gasteiger partial charge in [-0.3, -0.25) is 14.4 Å². The molecule has 2 aliphatic heterocycles. The lowest BCUT2D eigenvalue weighted by atomic mass is 9.92. The van der Waals surface area contributed by atoms with Gasteiger partial charge in [0.05, 0.1) is 5.92 Å². The molecule has 0 spiro atoms. The summed E-state index contributed by atoms with van der Waals surface area (Å²) in [6, 6.07) is 7.52. The molecule has 3 atom stereocenters. The maximum atomic E-state index is 13.1. The van der Waals surface area contributed by atoms with E-state index in [1.54, 1.807) is 9.80 Å². The van der Waals surface area contributed by atoms with E-state index < -0.39 is 17.9 Å². The number of carboxylic acid groups (broad SMARTS) is 1. The Morgan fingerprint density at radius 3 is 2.44 bits per heavy atom. The standard InChI is InChI=1S/C21H26N2O4/c1-13-2-4-14(5-3-13)10-23-18(8-9-19(23)24)20(25)22-11-16(15-6-7-15)17(12-22)21(26)27/h2-5,15-18H,6-12H2,1H3,(H,26,27)/t16-,17+,18?/m1/s1. The summed E-state index contributed by atoms with van der Waals surface area (Å²) in [4.78, 5) is 40.5. The zero-order valence-corrected chi connectivity index (χ0v) is 15.6. The van der Waals surface area contributed by atoms with Crippen molar-refractivity contribution in [3.8, 4) is 0 Å². The van der Waals surface area contributed by atoms with Crippen LogP contribution in [0.3, 0.4) is 0 Å². The Labute approximate surface area is 159 Å². The number of rotatable bonds is 5. The summed E-state index contributed by atoms with van der Waals surface area (Å²) in [7, 11) is 0. The van der Waals surface area contributed by atoms with Gasteiger partial charge in [-0.1, -0.05) is 29.8 Å². The van der Waals surface area contributed by atoms with Crippen molar-refractivity contribution in [1.82, 2.24) is 9.80 Å². The Morgan fingerprint density at radius 2 is 1.81 bits per heavy atom. The van der Waals surface area contributed by atoms with E-state index in [9.17, 15) is 19.5 Å². The second-order valence-corrected chi connectivity index (χ2v) is 8.25. The minimum Gasteiger partial charge on any atom is -0.481 e. The summed E-state index contributed by atoms with van der Waals surface area (Å²) in [6.45, 7) is 3.24. The highest BCUT2D eigenvalue weighted by atomic mass is 16.4. The number of benzene rings is 1. The number of likely N-dealkylation sites (tertiary alicyclic amines) is 2. The Kier molecular flexibility index (Phi) is 4.66. The molecule has 1 aliphatic carbocycles. The Bertz CT molecular complexity index is 756. The van der Waals surface area contributed by atoms with Gasteiger partial charge in [0, 0.05) is 26.1 Å². The molecule has 2 amide bonds. The van der Waals surface area contributed by atoms with Crippen LogP contribution in [0.2, 0.25) is 0 Å². The van der Waals surface area contributed by atoms with Crippen LogP contribution in [0.25, 0.3) is 0 Å². The maximum Gasteiger partial charge on any atom is 0.308 e. The smallest absolute Gasteiger partial charge is 0.308 e. The largest absolute Gasteiger partial charge is 0.481 e. The van der Waals surface area contributed by atoms with Gasteiger partial charge in [-0.15, -0.1) is 0 Å². The summed E-state index contributed by atoms with van der Waals surface area (Å²) >= 11 is 0. The zero-order chi connectivity index (χ0) is 19.1. The van der Waals surface area contributed by atoms with Crippen LogP contribution in [0.15, 0.2) is 24.3 Å². The number of aliphatic carboxylic acids is 1. The van der Waals surface area contributed by atoms with E-state index in [-0.39, 0.29) is 24.3 Å². The second kappa shape index (κ2) is 6.98. The van der Waals surface area contributed by atoms with Crippen LogP contribution in [-0.2, 0) is 20.9 Å². The molecule has 2 heterocycles. The van der Waals surface area contributed by atoms with E-state index in [0.717, 1.165) is 24.0 Å². The second-order valence-electron chi connectivity index (χ2n) is 8.25. The topological polar surface area (TPSA) is 77.9 Å². The molecule has 0 radical (unpaired) electrons. The molecule has 0 bridgehead atoms. The minimum absolute atomic E-state index is 0.00153. The van der Waals surface area contributed by atoms with Gasteiger partial charge in [0.1, 0.15) is 6.04 Å². The summed E-state index contributed by atoms with van der Waals surface area (Å²) in [5.41, 5.74) is 2.16. The average Bonchev–Trinajstić information content (AvgIpc) is 3.29. The van der Waals surface area contributed by atoms with Crippen molar-refractivity contribution < 1.29 is 19.5 Å². The molecule has 1 aromatic carbocycles. The summed E-state index contributed by atoms with van der Waals surface area (Å²) in [5, 5.41) is 9.53. The summed E-state index contributed by atoms with van der Waals surface area (Å²) in [6.07, 6.45) is 3.03. The number of nitrogens with zero attached hydrogens (tertiary/aromatic N) is 2. The fraction of sp³-hybridized carbons (Fsp3) is 0.571. The molecule has 0 aromatic heterocycles. The molecule has 1 unspecified atom stereocenters. The highest BCUT2D eigenvalue weighted by Crippen LogP contribution is 2.44. The molecule has 6 nitrogen and oxygen atoms in total. The van der Waals surface area contributed by atoms with Crippen LogP contribution < -0.4 is 0 Å². The van der Waals surface area contributed by atoms with Gasteiger partial charge in [-0.25, -0.2) is 0 Å². The minimum atomic E-state index is -0.804. The molecule has 2 saturated heterocycles. The quantitative estimate of drug-likeness (QED) is 0.861. The van der Waals surface area contributed by atoms with Crippen LogP contribution >= 0.6 is 0 Å². The van der Waals surface area contributed by atoms with Gasteiger partial charge >= 0.3 is 5.97 Å². The molecule has 4 rings (SSSR count). The molecule has 3 aliphatic rings. The van der Waals surface area contributed by atoms with E-state index in [2.05, 4.69) is 0 Å². The van der Waals surface area contributed by atoms with Gasteiger partial charge in [0.25, 0.3) is 0 Å². The van der Waals surface area contributed by atoms with Crippen molar-refractivity contribution >= 4 is 17.8 Å². The Morgan fingerprint density at radius 1 is 1.11 bits per heavy atom. The predicted molar refractivity (Wildman–Crippen MR) is 98.7 cm³/mol. The van der Waals surface area contributed by atoms with Crippen LogP contribution in [0.5, 0.6) is 0 Å². The third kappa shape index (κ3) is 3.57. The highest BCUT2D eigenvalue weighted by Gasteiger charge is 2.49. The van der Waals surface area contributed by atoms with E-state index in [1.165, 1.54) is 0 Å². The number of hydrogen-bond acceptors (Lipinski definition) is 3. The number of hydrogen-bond donors (Lipinski definition) is 1. The molecule has 3 fully saturated rings. The molecule has 6 heteroatoms. The van der Waals surface area contributed by atoms with Gasteiger partial charge in [0.15, 0.2) is 0 Å². The average molecular weight is 370 g/mol. The van der Waals surface area contributed by atoms with Crippen molar-refractivity contribution in [2.24, 2.45) is 17.8 Å². The third-order valence-corrected chi connectivity index (χ3v) is 6.31. The van der Waals surface area contributed by atoms with Gasteiger partial charge in [-0.2, -0.15) is 0 Å². The van der Waals surface area contributed by atoms with Gasteiger partial charge in [-0.05, 0) is 43.6 Å². The lowest BCUT2D eigenvalue weighted by molar-refractivity contribution is -0.144. The van der Waals surface area contributed by atoms with Crippen molar-refractivity contribution in [3.05, 3.63) is 35.4 Å². The molecule has 1 N–H and O–H groups in total. The maximum absolute atomic E-state index is 13.1. The van der Waals surface area contributed by atoms with E-state index in [0.29, 0.717) is 31.8 Å². The van der Waals surface area contributed by atoms with E-state index in [4.69, 9.17) is 0 Å². The normalized spacial score (nSPS) is 28.0. The fourth-order valence-corrected chi connectivity index (χ4v) is 4.56. The van der Waals surface area contributed by atoms with Gasteiger partial charge < -0.3 is 14.9 Å². The van der Waals surface area contributed by atoms with E-state index >= 15 is 0 Å². The molecular formula is C21H26N2O4. The molecular weight excluding hydrogens is 344 g/mol. The lowest BCUT2D eigenvalue weighted by Crippen LogP contribution is -2.46.